The molecule has 0 amide bonds. The molecule has 7 nitrogen and oxygen atoms in total. The molecule has 2 heterocycles. The van der Waals surface area contributed by atoms with Crippen molar-refractivity contribution in [3.63, 3.8) is 0 Å². The van der Waals surface area contributed by atoms with Crippen molar-refractivity contribution in [1.29, 1.82) is 0 Å². The van der Waals surface area contributed by atoms with E-state index in [0.717, 1.165) is 28.5 Å². The van der Waals surface area contributed by atoms with Gasteiger partial charge in [0.25, 0.3) is 0 Å². The molecule has 2 aromatic heterocycles. The summed E-state index contributed by atoms with van der Waals surface area (Å²) >= 11 is 0. The molecular formula is C20H27N7. The highest BCUT2D eigenvalue weighted by atomic mass is 15.3. The topological polar surface area (TPSA) is 71.8 Å². The lowest BCUT2D eigenvalue weighted by atomic mass is 10.2. The number of benzene rings is 1. The van der Waals surface area contributed by atoms with Crippen LogP contribution in [0.5, 0.6) is 0 Å². The van der Waals surface area contributed by atoms with Crippen molar-refractivity contribution >= 4 is 11.9 Å². The van der Waals surface area contributed by atoms with Gasteiger partial charge in [0.05, 0.1) is 11.4 Å². The largest absolute Gasteiger partial charge is 0.350 e. The maximum atomic E-state index is 4.70. The first-order valence-electron chi connectivity index (χ1n) is 9.14. The average Bonchev–Trinajstić information content (AvgIpc) is 2.94. The summed E-state index contributed by atoms with van der Waals surface area (Å²) in [6.07, 6.45) is 0. The van der Waals surface area contributed by atoms with Crippen LogP contribution in [0.2, 0.25) is 0 Å². The molecule has 0 bridgehead atoms. The van der Waals surface area contributed by atoms with Crippen LogP contribution in [0, 0.1) is 13.8 Å². The Bertz CT molecular complexity index is 887. The maximum absolute atomic E-state index is 4.70. The van der Waals surface area contributed by atoms with E-state index in [1.807, 2.05) is 48.8 Å². The van der Waals surface area contributed by atoms with Gasteiger partial charge in [0, 0.05) is 37.8 Å². The smallest absolute Gasteiger partial charge is 0.229 e. The van der Waals surface area contributed by atoms with Gasteiger partial charge in [0.2, 0.25) is 11.9 Å². The van der Waals surface area contributed by atoms with Gasteiger partial charge in [-0.2, -0.15) is 20.1 Å². The molecule has 0 unspecified atom stereocenters. The predicted octanol–water partition coefficient (Wildman–Crippen LogP) is 3.48. The van der Waals surface area contributed by atoms with Crippen LogP contribution in [0.3, 0.4) is 0 Å². The molecule has 142 valence electrons. The first kappa shape index (κ1) is 18.8. The number of para-hydroxylation sites is 1. The van der Waals surface area contributed by atoms with Crippen molar-refractivity contribution in [3.8, 4) is 5.69 Å². The van der Waals surface area contributed by atoms with Crippen molar-refractivity contribution in [2.45, 2.75) is 40.2 Å². The fourth-order valence-electron chi connectivity index (χ4n) is 2.84. The van der Waals surface area contributed by atoms with Crippen LogP contribution in [-0.4, -0.2) is 38.8 Å². The van der Waals surface area contributed by atoms with E-state index in [4.69, 9.17) is 5.10 Å². The molecule has 0 spiro atoms. The molecule has 0 saturated carbocycles. The monoisotopic (exact) mass is 365 g/mol. The standard InChI is InChI=1S/C20H27N7/c1-13(2)18-22-19(24-20(23-18)26(5)6)21-12-17-14(3)25-27(15(17)4)16-10-8-7-9-11-16/h7-11,13H,12H2,1-6H3,(H,21,22,23,24). The van der Waals surface area contributed by atoms with Crippen molar-refractivity contribution in [2.24, 2.45) is 0 Å². The molecule has 0 atom stereocenters. The Kier molecular flexibility index (Phi) is 5.39. The molecule has 0 radical (unpaired) electrons. The first-order valence-corrected chi connectivity index (χ1v) is 9.14. The molecule has 7 heteroatoms. The Morgan fingerprint density at radius 2 is 1.74 bits per heavy atom. The molecule has 27 heavy (non-hydrogen) atoms. The quantitative estimate of drug-likeness (QED) is 0.721. The second kappa shape index (κ2) is 7.73. The van der Waals surface area contributed by atoms with Crippen LogP contribution in [0.4, 0.5) is 11.9 Å². The summed E-state index contributed by atoms with van der Waals surface area (Å²) in [5.74, 6) is 2.26. The number of aromatic nitrogens is 5. The lowest BCUT2D eigenvalue weighted by Gasteiger charge is -2.15. The Morgan fingerprint density at radius 1 is 1.04 bits per heavy atom. The molecule has 3 aromatic rings. The van der Waals surface area contributed by atoms with E-state index in [1.54, 1.807) is 0 Å². The van der Waals surface area contributed by atoms with Crippen LogP contribution in [-0.2, 0) is 6.54 Å². The maximum Gasteiger partial charge on any atom is 0.229 e. The van der Waals surface area contributed by atoms with Crippen molar-refractivity contribution in [3.05, 3.63) is 53.1 Å². The molecule has 0 fully saturated rings. The Labute approximate surface area is 160 Å². The van der Waals surface area contributed by atoms with Crippen LogP contribution in [0.1, 0.15) is 42.5 Å². The summed E-state index contributed by atoms with van der Waals surface area (Å²) in [4.78, 5) is 15.5. The summed E-state index contributed by atoms with van der Waals surface area (Å²) in [7, 11) is 3.86. The minimum absolute atomic E-state index is 0.233. The molecule has 0 aliphatic carbocycles. The SMILES string of the molecule is Cc1nn(-c2ccccc2)c(C)c1CNc1nc(C(C)C)nc(N(C)C)n1. The van der Waals surface area contributed by atoms with Gasteiger partial charge in [-0.3, -0.25) is 0 Å². The van der Waals surface area contributed by atoms with Crippen molar-refractivity contribution < 1.29 is 0 Å². The number of nitrogens with zero attached hydrogens (tertiary/aromatic N) is 6. The second-order valence-electron chi connectivity index (χ2n) is 7.12. The summed E-state index contributed by atoms with van der Waals surface area (Å²) in [5, 5.41) is 8.06. The zero-order chi connectivity index (χ0) is 19.6. The first-order chi connectivity index (χ1) is 12.9. The Balaban J connectivity index is 1.86. The van der Waals surface area contributed by atoms with Crippen molar-refractivity contribution in [1.82, 2.24) is 24.7 Å². The highest BCUT2D eigenvalue weighted by Gasteiger charge is 2.15. The number of aryl methyl sites for hydroxylation is 1. The average molecular weight is 365 g/mol. The van der Waals surface area contributed by atoms with Gasteiger partial charge in [0.1, 0.15) is 5.82 Å². The molecule has 1 aromatic carbocycles. The van der Waals surface area contributed by atoms with E-state index in [0.29, 0.717) is 18.4 Å². The van der Waals surface area contributed by atoms with Gasteiger partial charge in [0.15, 0.2) is 0 Å². The third-order valence-corrected chi connectivity index (χ3v) is 4.42. The molecule has 0 aliphatic heterocycles. The number of anilines is 2. The summed E-state index contributed by atoms with van der Waals surface area (Å²) in [6, 6.07) is 10.2. The minimum Gasteiger partial charge on any atom is -0.350 e. The Morgan fingerprint density at radius 3 is 2.37 bits per heavy atom. The van der Waals surface area contributed by atoms with Gasteiger partial charge >= 0.3 is 0 Å². The van der Waals surface area contributed by atoms with Crippen LogP contribution in [0.25, 0.3) is 5.69 Å². The van der Waals surface area contributed by atoms with Crippen LogP contribution < -0.4 is 10.2 Å². The summed E-state index contributed by atoms with van der Waals surface area (Å²) in [6.45, 7) is 8.89. The fraction of sp³-hybridized carbons (Fsp3) is 0.400. The van der Waals surface area contributed by atoms with Gasteiger partial charge in [-0.25, -0.2) is 4.68 Å². The molecule has 0 aliphatic rings. The molecule has 1 N–H and O–H groups in total. The third kappa shape index (κ3) is 4.07. The third-order valence-electron chi connectivity index (χ3n) is 4.42. The van der Waals surface area contributed by atoms with E-state index in [-0.39, 0.29) is 5.92 Å². The minimum atomic E-state index is 0.233. The molecular weight excluding hydrogens is 338 g/mol. The van der Waals surface area contributed by atoms with E-state index in [2.05, 4.69) is 53.2 Å². The van der Waals surface area contributed by atoms with E-state index in [9.17, 15) is 0 Å². The van der Waals surface area contributed by atoms with E-state index in [1.165, 1.54) is 0 Å². The van der Waals surface area contributed by atoms with Gasteiger partial charge in [-0.05, 0) is 26.0 Å². The van der Waals surface area contributed by atoms with Gasteiger partial charge in [-0.15, -0.1) is 0 Å². The fourth-order valence-corrected chi connectivity index (χ4v) is 2.84. The van der Waals surface area contributed by atoms with Crippen molar-refractivity contribution in [2.75, 3.05) is 24.3 Å². The number of hydrogen-bond acceptors (Lipinski definition) is 6. The number of hydrogen-bond donors (Lipinski definition) is 1. The lowest BCUT2D eigenvalue weighted by Crippen LogP contribution is -2.17. The number of rotatable bonds is 6. The number of nitrogens with one attached hydrogen (secondary N) is 1. The zero-order valence-electron chi connectivity index (χ0n) is 16.9. The predicted molar refractivity (Wildman–Crippen MR) is 109 cm³/mol. The summed E-state index contributed by atoms with van der Waals surface area (Å²) in [5.41, 5.74) is 4.31. The normalized spacial score (nSPS) is 11.1. The zero-order valence-corrected chi connectivity index (χ0v) is 16.9. The molecule has 3 rings (SSSR count). The highest BCUT2D eigenvalue weighted by Crippen LogP contribution is 2.20. The van der Waals surface area contributed by atoms with Crippen LogP contribution >= 0.6 is 0 Å². The molecule has 0 saturated heterocycles. The summed E-state index contributed by atoms with van der Waals surface area (Å²) < 4.78 is 1.98. The Hall–Kier alpha value is -2.96. The van der Waals surface area contributed by atoms with E-state index < -0.39 is 0 Å². The lowest BCUT2D eigenvalue weighted by molar-refractivity contribution is 0.754. The second-order valence-corrected chi connectivity index (χ2v) is 7.12. The highest BCUT2D eigenvalue weighted by molar-refractivity contribution is 5.40. The van der Waals surface area contributed by atoms with Gasteiger partial charge < -0.3 is 10.2 Å². The van der Waals surface area contributed by atoms with Gasteiger partial charge in [-0.1, -0.05) is 32.0 Å². The van der Waals surface area contributed by atoms with E-state index >= 15 is 0 Å². The van der Waals surface area contributed by atoms with Crippen LogP contribution in [0.15, 0.2) is 30.3 Å².